The fourth-order valence-corrected chi connectivity index (χ4v) is 2.47. The van der Waals surface area contributed by atoms with E-state index in [1.807, 2.05) is 0 Å². The lowest BCUT2D eigenvalue weighted by Crippen LogP contribution is -2.34. The molecule has 0 aromatic carbocycles. The topological polar surface area (TPSA) is 28.2 Å². The summed E-state index contributed by atoms with van der Waals surface area (Å²) in [5.74, 6) is 1.11. The number of hydrogen-bond donors (Lipinski definition) is 1. The van der Waals surface area contributed by atoms with Gasteiger partial charge in [-0.2, -0.15) is 0 Å². The average Bonchev–Trinajstić information content (AvgIpc) is 3.29. The van der Waals surface area contributed by atoms with Crippen molar-refractivity contribution < 1.29 is 4.39 Å². The Balaban J connectivity index is 1.76. The maximum Gasteiger partial charge on any atom is 0.170 e. The van der Waals surface area contributed by atoms with Gasteiger partial charge in [0, 0.05) is 36.9 Å². The molecule has 0 atom stereocenters. The first-order valence-electron chi connectivity index (χ1n) is 7.78. The summed E-state index contributed by atoms with van der Waals surface area (Å²) in [6.45, 7) is 5.76. The second kappa shape index (κ2) is 5.68. The van der Waals surface area contributed by atoms with Crippen molar-refractivity contribution in [1.82, 2.24) is 10.3 Å². The molecule has 110 valence electrons. The van der Waals surface area contributed by atoms with Gasteiger partial charge >= 0.3 is 0 Å². The Hall–Kier alpha value is -1.16. The fourth-order valence-electron chi connectivity index (χ4n) is 2.47. The maximum absolute atomic E-state index is 14.7. The Bertz CT molecular complexity index is 467. The zero-order valence-electron chi connectivity index (χ0n) is 12.4. The van der Waals surface area contributed by atoms with Crippen LogP contribution in [-0.4, -0.2) is 23.6 Å². The summed E-state index contributed by atoms with van der Waals surface area (Å²) >= 11 is 0. The van der Waals surface area contributed by atoms with Crippen LogP contribution in [0, 0.1) is 11.7 Å². The number of hydrogen-bond acceptors (Lipinski definition) is 3. The molecular formula is C16H24FN3. The molecule has 0 spiro atoms. The molecule has 2 aliphatic rings. The number of rotatable bonds is 7. The van der Waals surface area contributed by atoms with Crippen molar-refractivity contribution in [3.05, 3.63) is 23.6 Å². The highest BCUT2D eigenvalue weighted by Gasteiger charge is 2.28. The molecule has 0 bridgehead atoms. The molecule has 1 heterocycles. The second-order valence-electron chi connectivity index (χ2n) is 6.45. The van der Waals surface area contributed by atoms with Crippen LogP contribution in [0.1, 0.15) is 45.1 Å². The fraction of sp³-hybridized carbons (Fsp3) is 0.688. The standard InChI is InChI=1S/C16H24FN3/c1-11(2)20(10-12-3-4-12)16-15(17)13(7-8-18-16)9-19-14-5-6-14/h7-8,11-12,14,19H,3-6,9-10H2,1-2H3. The molecule has 1 N–H and O–H groups in total. The minimum atomic E-state index is -0.144. The summed E-state index contributed by atoms with van der Waals surface area (Å²) in [6, 6.07) is 2.67. The van der Waals surface area contributed by atoms with Gasteiger partial charge in [0.2, 0.25) is 0 Å². The first kappa shape index (κ1) is 13.8. The third-order valence-electron chi connectivity index (χ3n) is 4.16. The van der Waals surface area contributed by atoms with E-state index in [2.05, 4.69) is 29.0 Å². The number of nitrogens with one attached hydrogen (secondary N) is 1. The molecule has 0 amide bonds. The minimum absolute atomic E-state index is 0.144. The lowest BCUT2D eigenvalue weighted by molar-refractivity contribution is 0.556. The van der Waals surface area contributed by atoms with Gasteiger partial charge in [-0.25, -0.2) is 9.37 Å². The maximum atomic E-state index is 14.7. The van der Waals surface area contributed by atoms with E-state index < -0.39 is 0 Å². The zero-order chi connectivity index (χ0) is 14.1. The summed E-state index contributed by atoms with van der Waals surface area (Å²) in [7, 11) is 0. The molecule has 4 heteroatoms. The van der Waals surface area contributed by atoms with E-state index in [-0.39, 0.29) is 11.9 Å². The van der Waals surface area contributed by atoms with Crippen molar-refractivity contribution in [3.8, 4) is 0 Å². The van der Waals surface area contributed by atoms with E-state index in [1.54, 1.807) is 12.3 Å². The number of nitrogens with zero attached hydrogens (tertiary/aromatic N) is 2. The monoisotopic (exact) mass is 277 g/mol. The van der Waals surface area contributed by atoms with Gasteiger partial charge in [-0.1, -0.05) is 0 Å². The number of anilines is 1. The Morgan fingerprint density at radius 2 is 2.10 bits per heavy atom. The lowest BCUT2D eigenvalue weighted by Gasteiger charge is -2.28. The molecule has 1 aromatic heterocycles. The van der Waals surface area contributed by atoms with Gasteiger partial charge in [-0.15, -0.1) is 0 Å². The molecule has 0 unspecified atom stereocenters. The first-order valence-corrected chi connectivity index (χ1v) is 7.78. The molecule has 0 aliphatic heterocycles. The highest BCUT2D eigenvalue weighted by molar-refractivity contribution is 5.44. The molecule has 3 nitrogen and oxygen atoms in total. The van der Waals surface area contributed by atoms with Crippen molar-refractivity contribution in [2.75, 3.05) is 11.4 Å². The van der Waals surface area contributed by atoms with Crippen LogP contribution in [0.4, 0.5) is 10.2 Å². The lowest BCUT2D eigenvalue weighted by atomic mass is 10.2. The van der Waals surface area contributed by atoms with Gasteiger partial charge in [-0.3, -0.25) is 0 Å². The summed E-state index contributed by atoms with van der Waals surface area (Å²) in [5, 5.41) is 3.38. The third-order valence-corrected chi connectivity index (χ3v) is 4.16. The average molecular weight is 277 g/mol. The van der Waals surface area contributed by atoms with Crippen molar-refractivity contribution >= 4 is 5.82 Å². The predicted octanol–water partition coefficient (Wildman–Crippen LogP) is 3.10. The second-order valence-corrected chi connectivity index (χ2v) is 6.45. The van der Waals surface area contributed by atoms with Gasteiger partial charge in [0.1, 0.15) is 0 Å². The van der Waals surface area contributed by atoms with E-state index in [9.17, 15) is 4.39 Å². The number of pyridine rings is 1. The Morgan fingerprint density at radius 3 is 2.70 bits per heavy atom. The van der Waals surface area contributed by atoms with Gasteiger partial charge in [-0.05, 0) is 51.5 Å². The Kier molecular flexibility index (Phi) is 3.92. The summed E-state index contributed by atoms with van der Waals surface area (Å²) in [6.07, 6.45) is 6.73. The molecule has 2 aliphatic carbocycles. The molecule has 0 saturated heterocycles. The highest BCUT2D eigenvalue weighted by atomic mass is 19.1. The van der Waals surface area contributed by atoms with E-state index >= 15 is 0 Å². The van der Waals surface area contributed by atoms with Crippen LogP contribution in [0.5, 0.6) is 0 Å². The van der Waals surface area contributed by atoms with E-state index in [1.165, 1.54) is 25.7 Å². The van der Waals surface area contributed by atoms with Crippen LogP contribution >= 0.6 is 0 Å². The molecule has 1 aromatic rings. The molecule has 20 heavy (non-hydrogen) atoms. The zero-order valence-corrected chi connectivity index (χ0v) is 12.4. The smallest absolute Gasteiger partial charge is 0.170 e. The Morgan fingerprint density at radius 1 is 1.35 bits per heavy atom. The largest absolute Gasteiger partial charge is 0.351 e. The number of halogens is 1. The molecule has 0 radical (unpaired) electrons. The number of aromatic nitrogens is 1. The Labute approximate surface area is 120 Å². The van der Waals surface area contributed by atoms with Crippen LogP contribution in [0.3, 0.4) is 0 Å². The van der Waals surface area contributed by atoms with Crippen molar-refractivity contribution in [2.45, 2.75) is 58.2 Å². The van der Waals surface area contributed by atoms with E-state index in [4.69, 9.17) is 0 Å². The molecule has 3 rings (SSSR count). The molecule has 2 saturated carbocycles. The first-order chi connectivity index (χ1) is 9.65. The van der Waals surface area contributed by atoms with Gasteiger partial charge in [0.15, 0.2) is 11.6 Å². The third kappa shape index (κ3) is 3.29. The van der Waals surface area contributed by atoms with Crippen LogP contribution < -0.4 is 10.2 Å². The minimum Gasteiger partial charge on any atom is -0.351 e. The summed E-state index contributed by atoms with van der Waals surface area (Å²) < 4.78 is 14.7. The van der Waals surface area contributed by atoms with Crippen LogP contribution in [0.15, 0.2) is 12.3 Å². The highest BCUT2D eigenvalue weighted by Crippen LogP contribution is 2.33. The predicted molar refractivity (Wildman–Crippen MR) is 79.3 cm³/mol. The summed E-state index contributed by atoms with van der Waals surface area (Å²) in [5.41, 5.74) is 0.739. The van der Waals surface area contributed by atoms with Gasteiger partial charge < -0.3 is 10.2 Å². The van der Waals surface area contributed by atoms with Gasteiger partial charge in [0.25, 0.3) is 0 Å². The molecule has 2 fully saturated rings. The normalized spacial score (nSPS) is 18.6. The van der Waals surface area contributed by atoms with Crippen molar-refractivity contribution in [1.29, 1.82) is 0 Å². The van der Waals surface area contributed by atoms with Crippen molar-refractivity contribution in [2.24, 2.45) is 5.92 Å². The quantitative estimate of drug-likeness (QED) is 0.830. The van der Waals surface area contributed by atoms with Gasteiger partial charge in [0.05, 0.1) is 0 Å². The van der Waals surface area contributed by atoms with E-state index in [0.29, 0.717) is 18.4 Å². The van der Waals surface area contributed by atoms with Crippen LogP contribution in [0.25, 0.3) is 0 Å². The SMILES string of the molecule is CC(C)N(CC1CC1)c1nccc(CNC2CC2)c1F. The van der Waals surface area contributed by atoms with Crippen LogP contribution in [0.2, 0.25) is 0 Å². The molecular weight excluding hydrogens is 253 g/mol. The summed E-state index contributed by atoms with van der Waals surface area (Å²) in [4.78, 5) is 6.43. The van der Waals surface area contributed by atoms with Crippen LogP contribution in [-0.2, 0) is 6.54 Å². The van der Waals surface area contributed by atoms with E-state index in [0.717, 1.165) is 18.0 Å². The van der Waals surface area contributed by atoms with Crippen molar-refractivity contribution in [3.63, 3.8) is 0 Å².